The Morgan fingerprint density at radius 3 is 2.18 bits per heavy atom. The summed E-state index contributed by atoms with van der Waals surface area (Å²) in [6.07, 6.45) is 3.59. The largest absolute Gasteiger partial charge is 0.329 e. The predicted molar refractivity (Wildman–Crippen MR) is 132 cm³/mol. The lowest BCUT2D eigenvalue weighted by atomic mass is 10.1. The molecular formula is C27H21ClN4O2. The number of urea groups is 1. The molecule has 7 heteroatoms. The van der Waals surface area contributed by atoms with Crippen molar-refractivity contribution in [2.45, 2.75) is 13.1 Å². The van der Waals surface area contributed by atoms with Crippen LogP contribution in [0.2, 0.25) is 5.02 Å². The Morgan fingerprint density at radius 1 is 0.824 bits per heavy atom. The quantitative estimate of drug-likeness (QED) is 0.306. The molecule has 3 amide bonds. The summed E-state index contributed by atoms with van der Waals surface area (Å²) >= 11 is 5.94. The number of amides is 3. The zero-order valence-corrected chi connectivity index (χ0v) is 18.9. The third-order valence-corrected chi connectivity index (χ3v) is 5.79. The highest BCUT2D eigenvalue weighted by atomic mass is 35.5. The fourth-order valence-electron chi connectivity index (χ4n) is 3.86. The summed E-state index contributed by atoms with van der Waals surface area (Å²) in [4.78, 5) is 26.8. The van der Waals surface area contributed by atoms with E-state index in [9.17, 15) is 9.59 Å². The molecule has 1 saturated heterocycles. The number of hydrogen-bond acceptors (Lipinski definition) is 3. The smallest absolute Gasteiger partial charge is 0.303 e. The lowest BCUT2D eigenvalue weighted by Crippen LogP contribution is -2.30. The summed E-state index contributed by atoms with van der Waals surface area (Å²) in [5.74, 6) is -0.380. The summed E-state index contributed by atoms with van der Waals surface area (Å²) in [6, 6.07) is 26.4. The summed E-state index contributed by atoms with van der Waals surface area (Å²) in [5, 5.41) is 8.09. The van der Waals surface area contributed by atoms with E-state index in [2.05, 4.69) is 5.32 Å². The van der Waals surface area contributed by atoms with Gasteiger partial charge in [-0.3, -0.25) is 14.4 Å². The van der Waals surface area contributed by atoms with Crippen LogP contribution in [0.3, 0.4) is 0 Å². The van der Waals surface area contributed by atoms with E-state index in [-0.39, 0.29) is 18.1 Å². The van der Waals surface area contributed by atoms with Crippen molar-refractivity contribution in [3.63, 3.8) is 0 Å². The molecule has 1 aliphatic heterocycles. The first kappa shape index (κ1) is 21.7. The molecule has 0 unspecified atom stereocenters. The SMILES string of the molecule is O=C1NC(=Cc2cn(Cc3ccccc3)nc2-c2ccccc2)C(=O)N1Cc1ccc(Cl)cc1. The van der Waals surface area contributed by atoms with Crippen LogP contribution < -0.4 is 5.32 Å². The van der Waals surface area contributed by atoms with Gasteiger partial charge in [0.1, 0.15) is 5.70 Å². The van der Waals surface area contributed by atoms with Crippen LogP contribution in [-0.2, 0) is 17.9 Å². The van der Waals surface area contributed by atoms with Crippen molar-refractivity contribution in [3.8, 4) is 11.3 Å². The Labute approximate surface area is 202 Å². The Morgan fingerprint density at radius 2 is 1.47 bits per heavy atom. The number of carbonyl (C=O) groups is 2. The van der Waals surface area contributed by atoms with E-state index < -0.39 is 6.03 Å². The maximum absolute atomic E-state index is 13.1. The number of aromatic nitrogens is 2. The fourth-order valence-corrected chi connectivity index (χ4v) is 3.98. The fraction of sp³-hybridized carbons (Fsp3) is 0.0741. The zero-order valence-electron chi connectivity index (χ0n) is 18.2. The molecule has 1 N–H and O–H groups in total. The number of nitrogens with one attached hydrogen (secondary N) is 1. The average molecular weight is 469 g/mol. The van der Waals surface area contributed by atoms with Crippen LogP contribution in [0.5, 0.6) is 0 Å². The van der Waals surface area contributed by atoms with Crippen LogP contribution in [0.1, 0.15) is 16.7 Å². The number of halogens is 1. The van der Waals surface area contributed by atoms with Gasteiger partial charge in [-0.05, 0) is 29.3 Å². The summed E-state index contributed by atoms with van der Waals surface area (Å²) in [7, 11) is 0. The summed E-state index contributed by atoms with van der Waals surface area (Å²) in [5.41, 5.74) is 4.56. The van der Waals surface area contributed by atoms with Crippen molar-refractivity contribution in [1.29, 1.82) is 0 Å². The minimum absolute atomic E-state index is 0.165. The summed E-state index contributed by atoms with van der Waals surface area (Å²) < 4.78 is 1.84. The second-order valence-electron chi connectivity index (χ2n) is 7.99. The Kier molecular flexibility index (Phi) is 5.97. The Bertz CT molecular complexity index is 1360. The average Bonchev–Trinajstić information content (AvgIpc) is 3.37. The van der Waals surface area contributed by atoms with E-state index in [0.29, 0.717) is 11.6 Å². The maximum Gasteiger partial charge on any atom is 0.329 e. The highest BCUT2D eigenvalue weighted by Gasteiger charge is 2.33. The highest BCUT2D eigenvalue weighted by Crippen LogP contribution is 2.26. The van der Waals surface area contributed by atoms with Gasteiger partial charge in [-0.15, -0.1) is 0 Å². The molecule has 0 atom stereocenters. The van der Waals surface area contributed by atoms with E-state index in [1.807, 2.05) is 71.5 Å². The molecule has 1 aromatic heterocycles. The molecule has 34 heavy (non-hydrogen) atoms. The van der Waals surface area contributed by atoms with Gasteiger partial charge >= 0.3 is 6.03 Å². The number of imide groups is 1. The lowest BCUT2D eigenvalue weighted by Gasteiger charge is -2.11. The normalized spacial score (nSPS) is 14.6. The number of rotatable bonds is 6. The first-order valence-electron chi connectivity index (χ1n) is 10.8. The second kappa shape index (κ2) is 9.37. The van der Waals surface area contributed by atoms with Crippen molar-refractivity contribution in [2.75, 3.05) is 0 Å². The molecule has 5 rings (SSSR count). The van der Waals surface area contributed by atoms with Gasteiger partial charge in [0, 0.05) is 22.3 Å². The van der Waals surface area contributed by atoms with Crippen LogP contribution in [0.4, 0.5) is 4.79 Å². The lowest BCUT2D eigenvalue weighted by molar-refractivity contribution is -0.123. The molecule has 168 valence electrons. The highest BCUT2D eigenvalue weighted by molar-refractivity contribution is 6.30. The third-order valence-electron chi connectivity index (χ3n) is 5.54. The Balaban J connectivity index is 1.46. The Hall–Kier alpha value is -4.16. The number of benzene rings is 3. The first-order valence-corrected chi connectivity index (χ1v) is 11.2. The minimum Gasteiger partial charge on any atom is -0.303 e. The van der Waals surface area contributed by atoms with E-state index >= 15 is 0 Å². The molecule has 2 heterocycles. The van der Waals surface area contributed by atoms with Gasteiger partial charge in [0.15, 0.2) is 0 Å². The molecule has 1 aliphatic rings. The molecule has 6 nitrogen and oxygen atoms in total. The van der Waals surface area contributed by atoms with Crippen molar-refractivity contribution < 1.29 is 9.59 Å². The van der Waals surface area contributed by atoms with E-state index in [1.54, 1.807) is 30.3 Å². The zero-order chi connectivity index (χ0) is 23.5. The van der Waals surface area contributed by atoms with Crippen molar-refractivity contribution >= 4 is 29.6 Å². The van der Waals surface area contributed by atoms with E-state index in [1.165, 1.54) is 4.90 Å². The topological polar surface area (TPSA) is 67.2 Å². The molecule has 0 spiro atoms. The van der Waals surface area contributed by atoms with Gasteiger partial charge in [-0.25, -0.2) is 4.79 Å². The molecule has 4 aromatic rings. The molecule has 0 aliphatic carbocycles. The van der Waals surface area contributed by atoms with Crippen molar-refractivity contribution in [1.82, 2.24) is 20.0 Å². The van der Waals surface area contributed by atoms with Crippen LogP contribution in [0.25, 0.3) is 17.3 Å². The van der Waals surface area contributed by atoms with E-state index in [0.717, 1.165) is 27.9 Å². The standard InChI is InChI=1S/C27H21ClN4O2/c28-23-13-11-20(12-14-23)17-32-26(33)24(29-27(32)34)15-22-18-31(16-19-7-3-1-4-8-19)30-25(22)21-9-5-2-6-10-21/h1-15,18H,16-17H2,(H,29,34). The molecule has 0 saturated carbocycles. The number of nitrogens with zero attached hydrogens (tertiary/aromatic N) is 3. The molecule has 3 aromatic carbocycles. The van der Waals surface area contributed by atoms with Crippen LogP contribution >= 0.6 is 11.6 Å². The van der Waals surface area contributed by atoms with Gasteiger partial charge in [0.25, 0.3) is 5.91 Å². The van der Waals surface area contributed by atoms with Gasteiger partial charge in [-0.2, -0.15) is 5.10 Å². The monoisotopic (exact) mass is 468 g/mol. The molecule has 0 bridgehead atoms. The number of hydrogen-bond donors (Lipinski definition) is 1. The molecule has 1 fully saturated rings. The summed E-state index contributed by atoms with van der Waals surface area (Å²) in [6.45, 7) is 0.755. The second-order valence-corrected chi connectivity index (χ2v) is 8.42. The minimum atomic E-state index is -0.455. The van der Waals surface area contributed by atoms with Crippen LogP contribution in [0.15, 0.2) is 96.8 Å². The molecular weight excluding hydrogens is 448 g/mol. The van der Waals surface area contributed by atoms with Gasteiger partial charge in [0.05, 0.1) is 18.8 Å². The van der Waals surface area contributed by atoms with Crippen molar-refractivity contribution in [3.05, 3.63) is 119 Å². The number of carbonyl (C=O) groups excluding carboxylic acids is 2. The van der Waals surface area contributed by atoms with Gasteiger partial charge in [-0.1, -0.05) is 84.4 Å². The first-order chi connectivity index (χ1) is 16.6. The maximum atomic E-state index is 13.1. The van der Waals surface area contributed by atoms with Gasteiger partial charge in [0.2, 0.25) is 0 Å². The van der Waals surface area contributed by atoms with Gasteiger partial charge < -0.3 is 5.32 Å². The van der Waals surface area contributed by atoms with E-state index in [4.69, 9.17) is 16.7 Å². The third kappa shape index (κ3) is 4.63. The predicted octanol–water partition coefficient (Wildman–Crippen LogP) is 5.34. The van der Waals surface area contributed by atoms with Crippen molar-refractivity contribution in [2.24, 2.45) is 0 Å². The van der Waals surface area contributed by atoms with Crippen LogP contribution in [0, 0.1) is 0 Å². The molecule has 0 radical (unpaired) electrons. The van der Waals surface area contributed by atoms with Crippen LogP contribution in [-0.4, -0.2) is 26.6 Å².